The molecule has 0 aromatic carbocycles. The number of ether oxygens (including phenoxy) is 1. The number of methoxy groups -OCH3 is 1. The molecule has 0 N–H and O–H groups in total. The highest BCUT2D eigenvalue weighted by molar-refractivity contribution is 5.97. The summed E-state index contributed by atoms with van der Waals surface area (Å²) in [4.78, 5) is 21.0. The van der Waals surface area contributed by atoms with Gasteiger partial charge in [0.15, 0.2) is 0 Å². The first-order chi connectivity index (χ1) is 11.3. The maximum atomic E-state index is 13.0. The molecule has 2 fully saturated rings. The Balaban J connectivity index is 1.58. The number of carbonyl (C=O) groups is 1. The highest BCUT2D eigenvalue weighted by atomic mass is 16.5. The van der Waals surface area contributed by atoms with E-state index in [9.17, 15) is 4.79 Å². The second-order valence-corrected chi connectivity index (χ2v) is 6.13. The Hall–Kier alpha value is -2.44. The summed E-state index contributed by atoms with van der Waals surface area (Å²) in [6, 6.07) is 4.32. The van der Waals surface area contributed by atoms with Crippen LogP contribution in [0.25, 0.3) is 0 Å². The van der Waals surface area contributed by atoms with Gasteiger partial charge in [-0.25, -0.2) is 4.98 Å². The molecule has 2 aromatic rings. The number of pyridine rings is 1. The monoisotopic (exact) mass is 313 g/mol. The molecule has 0 aliphatic carbocycles. The zero-order valence-corrected chi connectivity index (χ0v) is 13.0. The predicted octanol–water partition coefficient (Wildman–Crippen LogP) is 1.69. The topological polar surface area (TPSA) is 73.1 Å². The minimum atomic E-state index is 0.0225. The lowest BCUT2D eigenvalue weighted by Gasteiger charge is -2.38. The number of aromatic nitrogens is 4. The van der Waals surface area contributed by atoms with Crippen molar-refractivity contribution in [2.45, 2.75) is 43.8 Å². The highest BCUT2D eigenvalue weighted by Crippen LogP contribution is 2.41. The van der Waals surface area contributed by atoms with Crippen LogP contribution in [0.4, 0.5) is 0 Å². The summed E-state index contributed by atoms with van der Waals surface area (Å²) < 4.78 is 5.25. The molecule has 4 heterocycles. The fourth-order valence-electron chi connectivity index (χ4n) is 3.94. The van der Waals surface area contributed by atoms with Crippen LogP contribution in [0, 0.1) is 0 Å². The Morgan fingerprint density at radius 1 is 1.13 bits per heavy atom. The van der Waals surface area contributed by atoms with Gasteiger partial charge in [-0.15, -0.1) is 0 Å². The predicted molar refractivity (Wildman–Crippen MR) is 82.1 cm³/mol. The fourth-order valence-corrected chi connectivity index (χ4v) is 3.94. The van der Waals surface area contributed by atoms with Gasteiger partial charge < -0.3 is 9.64 Å². The van der Waals surface area contributed by atoms with E-state index in [1.165, 1.54) is 0 Å². The Kier molecular flexibility index (Phi) is 3.48. The number of amides is 1. The molecule has 0 radical (unpaired) electrons. The van der Waals surface area contributed by atoms with Crippen LogP contribution in [0.1, 0.15) is 42.1 Å². The van der Waals surface area contributed by atoms with Crippen LogP contribution in [0.5, 0.6) is 5.88 Å². The van der Waals surface area contributed by atoms with Crippen LogP contribution in [0.2, 0.25) is 0 Å². The third-order valence-electron chi connectivity index (χ3n) is 4.90. The van der Waals surface area contributed by atoms with E-state index in [0.29, 0.717) is 11.4 Å². The standard InChI is InChI=1S/C16H19N5O2/c1-23-15-14(3-2-6-17-15)16(22)20-11-4-5-12(20)10-13(9-11)21-18-7-8-19-21/h2-3,6-8,11-13H,4-5,9-10H2,1H3. The van der Waals surface area contributed by atoms with Gasteiger partial charge in [0, 0.05) is 18.3 Å². The van der Waals surface area contributed by atoms with Crippen LogP contribution >= 0.6 is 0 Å². The van der Waals surface area contributed by atoms with Crippen molar-refractivity contribution in [3.05, 3.63) is 36.3 Å². The van der Waals surface area contributed by atoms with E-state index in [4.69, 9.17) is 4.74 Å². The molecule has 7 nitrogen and oxygen atoms in total. The average molecular weight is 313 g/mol. The van der Waals surface area contributed by atoms with Crippen molar-refractivity contribution in [3.8, 4) is 5.88 Å². The summed E-state index contributed by atoms with van der Waals surface area (Å²) in [5.41, 5.74) is 0.544. The van der Waals surface area contributed by atoms with Crippen molar-refractivity contribution in [1.29, 1.82) is 0 Å². The number of hydrogen-bond donors (Lipinski definition) is 0. The smallest absolute Gasteiger partial charge is 0.259 e. The summed E-state index contributed by atoms with van der Waals surface area (Å²) >= 11 is 0. The highest BCUT2D eigenvalue weighted by Gasteiger charge is 2.45. The molecule has 7 heteroatoms. The Morgan fingerprint density at radius 3 is 2.48 bits per heavy atom. The number of carbonyl (C=O) groups excluding carboxylic acids is 1. The van der Waals surface area contributed by atoms with Crippen LogP contribution < -0.4 is 4.74 Å². The normalized spacial score (nSPS) is 26.3. The van der Waals surface area contributed by atoms with Gasteiger partial charge in [-0.1, -0.05) is 0 Å². The second-order valence-electron chi connectivity index (χ2n) is 6.13. The maximum absolute atomic E-state index is 13.0. The first-order valence-corrected chi connectivity index (χ1v) is 7.95. The zero-order valence-electron chi connectivity index (χ0n) is 13.0. The van der Waals surface area contributed by atoms with Crippen molar-refractivity contribution >= 4 is 5.91 Å². The SMILES string of the molecule is COc1ncccc1C(=O)N1C2CCC1CC(n1nccn1)C2. The lowest BCUT2D eigenvalue weighted by molar-refractivity contribution is 0.0508. The molecule has 2 saturated heterocycles. The van der Waals surface area contributed by atoms with Gasteiger partial charge in [-0.05, 0) is 37.8 Å². The summed E-state index contributed by atoms with van der Waals surface area (Å²) in [6.45, 7) is 0. The molecule has 2 bridgehead atoms. The third-order valence-corrected chi connectivity index (χ3v) is 4.90. The molecule has 23 heavy (non-hydrogen) atoms. The van der Waals surface area contributed by atoms with Gasteiger partial charge in [-0.3, -0.25) is 4.79 Å². The fraction of sp³-hybridized carbons (Fsp3) is 0.500. The van der Waals surface area contributed by atoms with Crippen LogP contribution in [0.3, 0.4) is 0 Å². The molecule has 2 atom stereocenters. The van der Waals surface area contributed by atoms with Crippen LogP contribution in [-0.4, -0.2) is 50.0 Å². The summed E-state index contributed by atoms with van der Waals surface area (Å²) in [5.74, 6) is 0.419. The number of nitrogens with zero attached hydrogens (tertiary/aromatic N) is 5. The first kappa shape index (κ1) is 14.2. The molecule has 120 valence electrons. The molecular weight excluding hydrogens is 294 g/mol. The molecule has 1 amide bonds. The van der Waals surface area contributed by atoms with Crippen LogP contribution in [0.15, 0.2) is 30.7 Å². The van der Waals surface area contributed by atoms with Crippen molar-refractivity contribution in [3.63, 3.8) is 0 Å². The van der Waals surface area contributed by atoms with E-state index in [0.717, 1.165) is 25.7 Å². The Labute approximate surface area is 134 Å². The van der Waals surface area contributed by atoms with Gasteiger partial charge in [0.2, 0.25) is 5.88 Å². The van der Waals surface area contributed by atoms with Gasteiger partial charge in [-0.2, -0.15) is 15.0 Å². The summed E-state index contributed by atoms with van der Waals surface area (Å²) in [5, 5.41) is 8.53. The average Bonchev–Trinajstić information content (AvgIpc) is 3.21. The molecule has 0 saturated carbocycles. The number of piperidine rings is 1. The summed E-state index contributed by atoms with van der Waals surface area (Å²) in [6.07, 6.45) is 8.94. The molecule has 0 spiro atoms. The quantitative estimate of drug-likeness (QED) is 0.862. The molecule has 2 aromatic heterocycles. The molecule has 4 rings (SSSR count). The van der Waals surface area contributed by atoms with Gasteiger partial charge in [0.25, 0.3) is 5.91 Å². The Morgan fingerprint density at radius 2 is 1.83 bits per heavy atom. The van der Waals surface area contributed by atoms with E-state index in [2.05, 4.69) is 15.2 Å². The van der Waals surface area contributed by atoms with Crippen molar-refractivity contribution in [2.75, 3.05) is 7.11 Å². The zero-order chi connectivity index (χ0) is 15.8. The van der Waals surface area contributed by atoms with Crippen molar-refractivity contribution in [1.82, 2.24) is 24.9 Å². The second kappa shape index (κ2) is 5.64. The number of rotatable bonds is 3. The van der Waals surface area contributed by atoms with Gasteiger partial charge >= 0.3 is 0 Å². The van der Waals surface area contributed by atoms with E-state index in [1.807, 2.05) is 4.90 Å². The van der Waals surface area contributed by atoms with E-state index < -0.39 is 0 Å². The molecule has 2 aliphatic heterocycles. The van der Waals surface area contributed by atoms with Crippen molar-refractivity contribution in [2.24, 2.45) is 0 Å². The maximum Gasteiger partial charge on any atom is 0.259 e. The minimum absolute atomic E-state index is 0.0225. The lowest BCUT2D eigenvalue weighted by Crippen LogP contribution is -2.47. The van der Waals surface area contributed by atoms with E-state index in [1.54, 1.807) is 42.6 Å². The summed E-state index contributed by atoms with van der Waals surface area (Å²) in [7, 11) is 1.54. The lowest BCUT2D eigenvalue weighted by atomic mass is 9.97. The minimum Gasteiger partial charge on any atom is -0.480 e. The van der Waals surface area contributed by atoms with Gasteiger partial charge in [0.1, 0.15) is 5.56 Å². The van der Waals surface area contributed by atoms with Gasteiger partial charge in [0.05, 0.1) is 25.5 Å². The van der Waals surface area contributed by atoms with Crippen LogP contribution in [-0.2, 0) is 0 Å². The molecular formula is C16H19N5O2. The first-order valence-electron chi connectivity index (χ1n) is 7.95. The van der Waals surface area contributed by atoms with Crippen molar-refractivity contribution < 1.29 is 9.53 Å². The molecule has 2 aliphatic rings. The third kappa shape index (κ3) is 2.36. The van der Waals surface area contributed by atoms with E-state index in [-0.39, 0.29) is 24.0 Å². The number of fused-ring (bicyclic) bond motifs is 2. The van der Waals surface area contributed by atoms with E-state index >= 15 is 0 Å². The Bertz CT molecular complexity index is 688. The number of hydrogen-bond acceptors (Lipinski definition) is 5. The molecule has 2 unspecified atom stereocenters. The largest absolute Gasteiger partial charge is 0.480 e.